The minimum Gasteiger partial charge on any atom is -0.390 e. The Labute approximate surface area is 86.1 Å². The molecule has 2 N–H and O–H groups in total. The molecule has 2 atom stereocenters. The number of rotatable bonds is 4. The number of aliphatic hydroxyl groups is 2. The van der Waals surface area contributed by atoms with E-state index in [4.69, 9.17) is 5.53 Å². The van der Waals surface area contributed by atoms with Crippen molar-refractivity contribution in [3.8, 4) is 0 Å². The highest BCUT2D eigenvalue weighted by Crippen LogP contribution is 2.15. The van der Waals surface area contributed by atoms with Crippen LogP contribution in [0.5, 0.6) is 0 Å². The molecule has 0 saturated carbocycles. The maximum atomic E-state index is 9.59. The van der Waals surface area contributed by atoms with E-state index in [0.29, 0.717) is 11.4 Å². The summed E-state index contributed by atoms with van der Waals surface area (Å²) in [5.41, 5.74) is 8.43. The zero-order valence-corrected chi connectivity index (χ0v) is 8.15. The summed E-state index contributed by atoms with van der Waals surface area (Å²) < 4.78 is 0. The van der Waals surface area contributed by atoms with Gasteiger partial charge in [0.2, 0.25) is 0 Å². The third-order valence-electron chi connectivity index (χ3n) is 1.84. The molecule has 1 heterocycles. The number of hydrogen-bond acceptors (Lipinski definition) is 5. The first-order valence-electron chi connectivity index (χ1n) is 4.30. The number of nitrogens with zero attached hydrogens (tertiary/aromatic N) is 5. The standard InChI is InChI=1S/C8H11N5O2/c1-5-10-2-6(3-11-5)8(15)7(14)4-12-13-9/h2-3,7-8,14-15H,4H2,1H3. The molecule has 1 aromatic heterocycles. The summed E-state index contributed by atoms with van der Waals surface area (Å²) in [5, 5.41) is 22.2. The molecule has 0 aliphatic carbocycles. The van der Waals surface area contributed by atoms with Gasteiger partial charge in [0.15, 0.2) is 0 Å². The maximum Gasteiger partial charge on any atom is 0.125 e. The Morgan fingerprint density at radius 2 is 2.07 bits per heavy atom. The van der Waals surface area contributed by atoms with Crippen molar-refractivity contribution in [3.63, 3.8) is 0 Å². The number of aliphatic hydroxyl groups excluding tert-OH is 2. The predicted molar refractivity (Wildman–Crippen MR) is 51.7 cm³/mol. The van der Waals surface area contributed by atoms with Gasteiger partial charge in [-0.2, -0.15) is 0 Å². The number of hydrogen-bond donors (Lipinski definition) is 2. The van der Waals surface area contributed by atoms with Gasteiger partial charge in [-0.3, -0.25) is 0 Å². The van der Waals surface area contributed by atoms with Crippen molar-refractivity contribution < 1.29 is 10.2 Å². The van der Waals surface area contributed by atoms with E-state index in [1.54, 1.807) is 6.92 Å². The first kappa shape index (κ1) is 11.4. The van der Waals surface area contributed by atoms with Crippen LogP contribution in [-0.4, -0.2) is 32.8 Å². The number of aromatic nitrogens is 2. The van der Waals surface area contributed by atoms with Crippen LogP contribution in [-0.2, 0) is 0 Å². The fraction of sp³-hybridized carbons (Fsp3) is 0.500. The summed E-state index contributed by atoms with van der Waals surface area (Å²) >= 11 is 0. The normalized spacial score (nSPS) is 14.1. The lowest BCUT2D eigenvalue weighted by atomic mass is 10.1. The summed E-state index contributed by atoms with van der Waals surface area (Å²) in [6.07, 6.45) is 0.557. The molecule has 1 rings (SSSR count). The van der Waals surface area contributed by atoms with Gasteiger partial charge in [0, 0.05) is 22.9 Å². The van der Waals surface area contributed by atoms with E-state index < -0.39 is 12.2 Å². The Bertz CT molecular complexity index is 360. The second-order valence-electron chi connectivity index (χ2n) is 2.99. The van der Waals surface area contributed by atoms with E-state index in [1.807, 2.05) is 0 Å². The highest BCUT2D eigenvalue weighted by molar-refractivity contribution is 5.10. The smallest absolute Gasteiger partial charge is 0.125 e. The van der Waals surface area contributed by atoms with Crippen LogP contribution in [0, 0.1) is 6.92 Å². The number of aryl methyl sites for hydroxylation is 1. The van der Waals surface area contributed by atoms with Crippen LogP contribution in [0.4, 0.5) is 0 Å². The summed E-state index contributed by atoms with van der Waals surface area (Å²) in [6, 6.07) is 0. The Morgan fingerprint density at radius 3 is 2.60 bits per heavy atom. The summed E-state index contributed by atoms with van der Waals surface area (Å²) in [4.78, 5) is 10.2. The minimum absolute atomic E-state index is 0.189. The Balaban J connectivity index is 2.70. The summed E-state index contributed by atoms with van der Waals surface area (Å²) in [7, 11) is 0. The van der Waals surface area contributed by atoms with Crippen molar-refractivity contribution in [2.24, 2.45) is 5.11 Å². The van der Waals surface area contributed by atoms with Gasteiger partial charge in [-0.05, 0) is 12.5 Å². The van der Waals surface area contributed by atoms with Crippen LogP contribution >= 0.6 is 0 Å². The van der Waals surface area contributed by atoms with Gasteiger partial charge in [-0.25, -0.2) is 9.97 Å². The monoisotopic (exact) mass is 209 g/mol. The first-order valence-corrected chi connectivity index (χ1v) is 4.30. The van der Waals surface area contributed by atoms with Crippen molar-refractivity contribution in [2.45, 2.75) is 19.1 Å². The van der Waals surface area contributed by atoms with E-state index in [2.05, 4.69) is 20.0 Å². The van der Waals surface area contributed by atoms with Gasteiger partial charge < -0.3 is 10.2 Å². The quantitative estimate of drug-likeness (QED) is 0.426. The Hall–Kier alpha value is -1.69. The van der Waals surface area contributed by atoms with Crippen LogP contribution in [0.25, 0.3) is 10.4 Å². The minimum atomic E-state index is -1.15. The molecule has 7 heteroatoms. The second-order valence-corrected chi connectivity index (χ2v) is 2.99. The lowest BCUT2D eigenvalue weighted by molar-refractivity contribution is 0.0239. The van der Waals surface area contributed by atoms with Gasteiger partial charge in [-0.1, -0.05) is 5.11 Å². The van der Waals surface area contributed by atoms with Gasteiger partial charge in [0.1, 0.15) is 11.9 Å². The summed E-state index contributed by atoms with van der Waals surface area (Å²) in [5.74, 6) is 0.579. The zero-order valence-electron chi connectivity index (χ0n) is 8.15. The number of azide groups is 1. The first-order chi connectivity index (χ1) is 7.15. The predicted octanol–water partition coefficient (Wildman–Crippen LogP) is 0.490. The van der Waals surface area contributed by atoms with E-state index in [-0.39, 0.29) is 6.54 Å². The molecule has 0 amide bonds. The molecule has 1 aromatic rings. The van der Waals surface area contributed by atoms with E-state index >= 15 is 0 Å². The molecule has 80 valence electrons. The van der Waals surface area contributed by atoms with Crippen LogP contribution in [0.2, 0.25) is 0 Å². The van der Waals surface area contributed by atoms with Crippen molar-refractivity contribution in [1.29, 1.82) is 0 Å². The molecule has 2 unspecified atom stereocenters. The molecule has 0 radical (unpaired) electrons. The maximum absolute atomic E-state index is 9.59. The molecule has 0 spiro atoms. The van der Waals surface area contributed by atoms with Gasteiger partial charge in [0.25, 0.3) is 0 Å². The van der Waals surface area contributed by atoms with Crippen LogP contribution in [0.1, 0.15) is 17.5 Å². The molecule has 0 fully saturated rings. The molecule has 0 aliphatic rings. The zero-order chi connectivity index (χ0) is 11.3. The fourth-order valence-corrected chi connectivity index (χ4v) is 0.997. The van der Waals surface area contributed by atoms with Gasteiger partial charge >= 0.3 is 0 Å². The molecule has 15 heavy (non-hydrogen) atoms. The lowest BCUT2D eigenvalue weighted by Gasteiger charge is -2.15. The fourth-order valence-electron chi connectivity index (χ4n) is 0.997. The van der Waals surface area contributed by atoms with Gasteiger partial charge in [0.05, 0.1) is 12.6 Å². The van der Waals surface area contributed by atoms with Crippen molar-refractivity contribution in [3.05, 3.63) is 34.2 Å². The third kappa shape index (κ3) is 3.17. The van der Waals surface area contributed by atoms with Crippen LogP contribution in [0.3, 0.4) is 0 Å². The van der Waals surface area contributed by atoms with Crippen molar-refractivity contribution >= 4 is 0 Å². The lowest BCUT2D eigenvalue weighted by Crippen LogP contribution is -2.21. The molecule has 7 nitrogen and oxygen atoms in total. The Morgan fingerprint density at radius 1 is 1.47 bits per heavy atom. The summed E-state index contributed by atoms with van der Waals surface area (Å²) in [6.45, 7) is 1.53. The van der Waals surface area contributed by atoms with E-state index in [0.717, 1.165) is 0 Å². The molecular formula is C8H11N5O2. The third-order valence-corrected chi connectivity index (χ3v) is 1.84. The highest BCUT2D eigenvalue weighted by Gasteiger charge is 2.17. The van der Waals surface area contributed by atoms with Gasteiger partial charge in [-0.15, -0.1) is 0 Å². The largest absolute Gasteiger partial charge is 0.390 e. The molecular weight excluding hydrogens is 198 g/mol. The highest BCUT2D eigenvalue weighted by atomic mass is 16.3. The van der Waals surface area contributed by atoms with Crippen LogP contribution in [0.15, 0.2) is 17.5 Å². The molecule has 0 aromatic carbocycles. The molecule has 0 aliphatic heterocycles. The SMILES string of the molecule is Cc1ncc(C(O)C(O)CN=[N+]=[N-])cn1. The molecule has 0 saturated heterocycles. The van der Waals surface area contributed by atoms with E-state index in [9.17, 15) is 10.2 Å². The topological polar surface area (TPSA) is 115 Å². The van der Waals surface area contributed by atoms with Crippen LogP contribution < -0.4 is 0 Å². The average molecular weight is 209 g/mol. The Kier molecular flexibility index (Phi) is 3.99. The average Bonchev–Trinajstić information content (AvgIpc) is 2.26. The molecule has 0 bridgehead atoms. The van der Waals surface area contributed by atoms with E-state index in [1.165, 1.54) is 12.4 Å². The second kappa shape index (κ2) is 5.26. The van der Waals surface area contributed by atoms with Crippen molar-refractivity contribution in [1.82, 2.24) is 9.97 Å². The van der Waals surface area contributed by atoms with Crippen molar-refractivity contribution in [2.75, 3.05) is 6.54 Å².